The van der Waals surface area contributed by atoms with Gasteiger partial charge in [-0.15, -0.1) is 0 Å². The third-order valence-electron chi connectivity index (χ3n) is 18.4. The lowest BCUT2D eigenvalue weighted by Crippen LogP contribution is -2.61. The molecule has 51 nitrogen and oxygen atoms in total. The standard InChI is InChI=1S/C73H129N27O24/c1-11-35(8)55(100-57(110)37(10)87-58(111)38(74)28-51(76)103)69(122)93-42(18-20-50(75)102)63(116)92-43(19-21-53(105)106)59(112)88-36(9)56(109)89-39(15-12-22-84-71(78)79)60(113)90-40(16-13-23-85-72(80)81)61(114)94-44(25-32(2)3)64(117)95-45(26-33(4)5)65(118)97-47(29-52(77)104)67(120)96-46(27-34(6)7)66(119)99-49(31-101)68(121)91-41(17-14-24-86-73(82)83)62(115)98-48(70(123)124)30-54(107)108/h32-49,55,101H,11-31,74H2,1-10H3,(H2,75,102)(H2,76,103)(H2,77,104)(H,87,111)(H,88,112)(H,89,109)(H,90,113)(H,91,121)(H,92,116)(H,93,122)(H,94,114)(H,95,117)(H,96,120)(H,97,118)(H,98,115)(H,99,119)(H,100,110)(H,105,106)(H,107,108)(H,123,124)(H4,78,79,84)(H4,80,81,85)(H4,82,83,86)/t35?,36?,37?,38?,39?,40-,41-,42?,43?,44-,45?,46-,47?,48?,49?,55-/m0/s1. The Morgan fingerprint density at radius 2 is 0.597 bits per heavy atom. The smallest absolute Gasteiger partial charge is 0.326 e. The normalized spacial score (nSPS) is 14.9. The van der Waals surface area contributed by atoms with Gasteiger partial charge < -0.3 is 151 Å². The third-order valence-corrected chi connectivity index (χ3v) is 18.4. The quantitative estimate of drug-likeness (QED) is 0.0153. The lowest BCUT2D eigenvalue weighted by atomic mass is 9.97. The number of aliphatic hydroxyl groups excluding tert-OH is 1. The Morgan fingerprint density at radius 3 is 0.927 bits per heavy atom. The Balaban J connectivity index is 7.36. The number of nitrogens with one attached hydrogen (secondary N) is 20. The summed E-state index contributed by atoms with van der Waals surface area (Å²) in [6, 6.07) is -24.9. The predicted octanol–water partition coefficient (Wildman–Crippen LogP) is -10.5. The first-order valence-corrected chi connectivity index (χ1v) is 40.1. The summed E-state index contributed by atoms with van der Waals surface area (Å²) in [5, 5.41) is 103. The average molecular weight is 1770 g/mol. The molecular weight excluding hydrogens is 1640 g/mol. The maximum absolute atomic E-state index is 14.7. The molecule has 124 heavy (non-hydrogen) atoms. The number of amides is 17. The maximum Gasteiger partial charge on any atom is 0.326 e. The number of carboxylic acid groups (broad SMARTS) is 3. The number of primary amides is 3. The Bertz CT molecular complexity index is 3740. The molecule has 0 saturated heterocycles. The highest BCUT2D eigenvalue weighted by Gasteiger charge is 2.40. The van der Waals surface area contributed by atoms with Gasteiger partial charge in [-0.1, -0.05) is 61.8 Å². The van der Waals surface area contributed by atoms with Gasteiger partial charge in [0.05, 0.1) is 31.9 Å². The van der Waals surface area contributed by atoms with Crippen LogP contribution in [0.3, 0.4) is 0 Å². The number of hydrogen-bond donors (Lipinski definition) is 31. The molecule has 0 aliphatic heterocycles. The van der Waals surface area contributed by atoms with Crippen molar-refractivity contribution in [2.75, 3.05) is 26.2 Å². The van der Waals surface area contributed by atoms with E-state index in [2.05, 4.69) is 85.1 Å². The Morgan fingerprint density at radius 1 is 0.306 bits per heavy atom. The van der Waals surface area contributed by atoms with Crippen LogP contribution in [0.2, 0.25) is 0 Å². The molecule has 0 aliphatic carbocycles. The predicted molar refractivity (Wildman–Crippen MR) is 442 cm³/mol. The molecule has 38 N–H and O–H groups in total. The topological polar surface area (TPSA) is 881 Å². The van der Waals surface area contributed by atoms with Gasteiger partial charge in [-0.05, 0) is 108 Å². The maximum atomic E-state index is 14.7. The number of carboxylic acids is 3. The second kappa shape index (κ2) is 57.4. The molecule has 0 heterocycles. The van der Waals surface area contributed by atoms with E-state index in [4.69, 9.17) is 56.4 Å². The van der Waals surface area contributed by atoms with Gasteiger partial charge in [0.15, 0.2) is 17.9 Å². The first kappa shape index (κ1) is 111. The molecule has 51 heteroatoms. The SMILES string of the molecule is CCC(C)[C@H](NC(=O)C(C)NC(=O)C(N)CC(N)=O)C(=O)NC(CCC(N)=O)C(=O)NC(CCC(=O)O)C(=O)NC(C)C(=O)NC(CCCNC(=N)N)C(=O)N[C@@H](CCCNC(=N)N)C(=O)N[C@@H](CC(C)C)C(=O)NC(CC(C)C)C(=O)NC(CC(N)=O)C(=O)N[C@@H](CC(C)C)C(=O)NC(CO)C(=O)N[C@@H](CCCNC(=N)N)C(=O)NC(CC(=O)O)C(=O)O. The van der Waals surface area contributed by atoms with E-state index in [0.29, 0.717) is 0 Å². The monoisotopic (exact) mass is 1770 g/mol. The number of guanidine groups is 3. The van der Waals surface area contributed by atoms with Crippen molar-refractivity contribution in [2.24, 2.45) is 63.8 Å². The van der Waals surface area contributed by atoms with E-state index < -0.39 is 302 Å². The third kappa shape index (κ3) is 46.2. The molecule has 0 rings (SSSR count). The van der Waals surface area contributed by atoms with Gasteiger partial charge >= 0.3 is 17.9 Å². The lowest BCUT2D eigenvalue weighted by Gasteiger charge is -2.29. The van der Waals surface area contributed by atoms with Crippen LogP contribution in [0.5, 0.6) is 0 Å². The summed E-state index contributed by atoms with van der Waals surface area (Å²) in [6.45, 7) is 14.1. The fourth-order valence-corrected chi connectivity index (χ4v) is 11.6. The zero-order valence-corrected chi connectivity index (χ0v) is 71.3. The first-order chi connectivity index (χ1) is 57.7. The van der Waals surface area contributed by atoms with Crippen LogP contribution in [-0.2, 0) is 95.9 Å². The van der Waals surface area contributed by atoms with Crippen LogP contribution >= 0.6 is 0 Å². The van der Waals surface area contributed by atoms with Crippen molar-refractivity contribution < 1.29 is 116 Å². The van der Waals surface area contributed by atoms with Crippen molar-refractivity contribution in [1.29, 1.82) is 16.2 Å². The van der Waals surface area contributed by atoms with Crippen LogP contribution in [0.1, 0.15) is 178 Å². The number of aliphatic carboxylic acids is 3. The van der Waals surface area contributed by atoms with Gasteiger partial charge in [0.25, 0.3) is 0 Å². The van der Waals surface area contributed by atoms with Crippen molar-refractivity contribution in [2.45, 2.75) is 269 Å². The molecule has 0 bridgehead atoms. The van der Waals surface area contributed by atoms with E-state index in [1.54, 1.807) is 55.4 Å². The highest BCUT2D eigenvalue weighted by molar-refractivity contribution is 6.02. The van der Waals surface area contributed by atoms with Crippen LogP contribution in [0.25, 0.3) is 0 Å². The van der Waals surface area contributed by atoms with E-state index in [1.807, 2.05) is 5.32 Å². The van der Waals surface area contributed by atoms with Crippen molar-refractivity contribution in [1.82, 2.24) is 90.4 Å². The molecule has 0 aromatic rings. The van der Waals surface area contributed by atoms with Crippen LogP contribution < -0.4 is 131 Å². The minimum atomic E-state index is -1.97. The van der Waals surface area contributed by atoms with Crippen molar-refractivity contribution in [3.63, 3.8) is 0 Å². The lowest BCUT2D eigenvalue weighted by molar-refractivity contribution is -0.147. The van der Waals surface area contributed by atoms with Crippen molar-refractivity contribution >= 4 is 136 Å². The summed E-state index contributed by atoms with van der Waals surface area (Å²) in [4.78, 5) is 268. The molecule has 16 atom stereocenters. The molecule has 0 aromatic carbocycles. The Labute approximate surface area is 715 Å². The fourth-order valence-electron chi connectivity index (χ4n) is 11.6. The first-order valence-electron chi connectivity index (χ1n) is 40.1. The molecule has 700 valence electrons. The van der Waals surface area contributed by atoms with E-state index in [1.165, 1.54) is 6.92 Å². The minimum absolute atomic E-state index is 0.0198. The van der Waals surface area contributed by atoms with Gasteiger partial charge in [-0.2, -0.15) is 0 Å². The highest BCUT2D eigenvalue weighted by Crippen LogP contribution is 2.16. The molecule has 0 aromatic heterocycles. The molecule has 11 unspecified atom stereocenters. The summed E-state index contributed by atoms with van der Waals surface area (Å²) in [7, 11) is 0. The number of carbonyl (C=O) groups excluding carboxylic acids is 17. The molecule has 0 saturated carbocycles. The minimum Gasteiger partial charge on any atom is -0.481 e. The molecule has 0 aliphatic rings. The summed E-state index contributed by atoms with van der Waals surface area (Å²) >= 11 is 0. The number of nitrogens with two attached hydrogens (primary N) is 7. The summed E-state index contributed by atoms with van der Waals surface area (Å²) in [5.74, 6) is -26.6. The second-order valence-electron chi connectivity index (χ2n) is 30.8. The zero-order valence-electron chi connectivity index (χ0n) is 71.3. The summed E-state index contributed by atoms with van der Waals surface area (Å²) in [6.07, 6.45) is -6.39. The van der Waals surface area contributed by atoms with E-state index in [-0.39, 0.29) is 83.8 Å². The van der Waals surface area contributed by atoms with Gasteiger partial charge in [-0.25, -0.2) is 4.79 Å². The van der Waals surface area contributed by atoms with E-state index in [0.717, 1.165) is 6.92 Å². The van der Waals surface area contributed by atoms with Crippen LogP contribution in [0.4, 0.5) is 0 Å². The second-order valence-corrected chi connectivity index (χ2v) is 30.8. The average Bonchev–Trinajstić information content (AvgIpc) is 0.865. The number of rotatable bonds is 62. The molecule has 17 amide bonds. The van der Waals surface area contributed by atoms with Crippen molar-refractivity contribution in [3.05, 3.63) is 0 Å². The summed E-state index contributed by atoms with van der Waals surface area (Å²) in [5.41, 5.74) is 38.1. The fraction of sp³-hybridized carbons (Fsp3) is 0.685. The molecule has 0 spiro atoms. The van der Waals surface area contributed by atoms with Crippen LogP contribution in [0, 0.1) is 39.9 Å². The largest absolute Gasteiger partial charge is 0.481 e. The van der Waals surface area contributed by atoms with Gasteiger partial charge in [0.2, 0.25) is 100 Å². The van der Waals surface area contributed by atoms with Gasteiger partial charge in [0.1, 0.15) is 84.6 Å². The molecular formula is C73H129N27O24. The van der Waals surface area contributed by atoms with Crippen LogP contribution in [-0.4, -0.2) is 274 Å². The molecule has 0 fully saturated rings. The number of hydrogen-bond acceptors (Lipinski definition) is 25. The molecule has 0 radical (unpaired) electrons. The van der Waals surface area contributed by atoms with Gasteiger partial charge in [-0.3, -0.25) is 107 Å². The summed E-state index contributed by atoms with van der Waals surface area (Å²) < 4.78 is 0. The van der Waals surface area contributed by atoms with E-state index in [9.17, 15) is 116 Å². The Kier molecular flexibility index (Phi) is 51.5. The van der Waals surface area contributed by atoms with Gasteiger partial charge in [0, 0.05) is 32.5 Å². The van der Waals surface area contributed by atoms with Crippen LogP contribution in [0.15, 0.2) is 0 Å². The number of aliphatic hydroxyl groups is 1. The van der Waals surface area contributed by atoms with Crippen molar-refractivity contribution in [3.8, 4) is 0 Å². The number of carbonyl (C=O) groups is 20. The zero-order chi connectivity index (χ0) is 95.1. The van der Waals surface area contributed by atoms with E-state index >= 15 is 0 Å². The Hall–Kier alpha value is -12.9. The highest BCUT2D eigenvalue weighted by atomic mass is 16.4.